The minimum Gasteiger partial charge on any atom is -0.481 e. The van der Waals surface area contributed by atoms with Crippen molar-refractivity contribution in [3.05, 3.63) is 12.0 Å². The molecule has 0 aliphatic carbocycles. The quantitative estimate of drug-likeness (QED) is 0.873. The summed E-state index contributed by atoms with van der Waals surface area (Å²) >= 11 is 1.32. The van der Waals surface area contributed by atoms with Gasteiger partial charge >= 0.3 is 5.97 Å². The first-order valence-corrected chi connectivity index (χ1v) is 6.79. The van der Waals surface area contributed by atoms with Gasteiger partial charge in [-0.05, 0) is 31.8 Å². The monoisotopic (exact) mass is 280 g/mol. The minimum atomic E-state index is -0.812. The highest BCUT2D eigenvalue weighted by molar-refractivity contribution is 7.13. The van der Waals surface area contributed by atoms with Gasteiger partial charge in [-0.3, -0.25) is 4.79 Å². The number of nitrogens with zero attached hydrogens (tertiary/aromatic N) is 3. The van der Waals surface area contributed by atoms with Gasteiger partial charge in [0.1, 0.15) is 17.0 Å². The molecule has 0 bridgehead atoms. The molecule has 0 aliphatic heterocycles. The number of fused-ring (bicyclic) bond motifs is 1. The maximum absolute atomic E-state index is 11.3. The topological polar surface area (TPSA) is 88.0 Å². The summed E-state index contributed by atoms with van der Waals surface area (Å²) in [6.07, 6.45) is 2.01. The van der Waals surface area contributed by atoms with E-state index in [4.69, 9.17) is 0 Å². The molecule has 2 aromatic rings. The zero-order chi connectivity index (χ0) is 14.0. The van der Waals surface area contributed by atoms with Gasteiger partial charge in [-0.1, -0.05) is 6.92 Å². The molecule has 0 saturated carbocycles. The number of carboxylic acid groups (broad SMARTS) is 1. The van der Waals surface area contributed by atoms with Crippen molar-refractivity contribution in [3.8, 4) is 0 Å². The number of hydrogen-bond donors (Lipinski definition) is 2. The Morgan fingerprint density at radius 1 is 1.53 bits per heavy atom. The summed E-state index contributed by atoms with van der Waals surface area (Å²) in [6, 6.07) is 0. The lowest BCUT2D eigenvalue weighted by atomic mass is 9.88. The van der Waals surface area contributed by atoms with E-state index in [1.165, 1.54) is 17.9 Å². The molecule has 2 rings (SSSR count). The van der Waals surface area contributed by atoms with Gasteiger partial charge in [-0.15, -0.1) is 0 Å². The van der Waals surface area contributed by atoms with E-state index in [1.807, 2.05) is 13.8 Å². The van der Waals surface area contributed by atoms with Crippen LogP contribution in [0.5, 0.6) is 0 Å². The van der Waals surface area contributed by atoms with Crippen molar-refractivity contribution in [1.82, 2.24) is 14.3 Å². The van der Waals surface area contributed by atoms with Gasteiger partial charge in [0.15, 0.2) is 0 Å². The third-order valence-electron chi connectivity index (χ3n) is 3.39. The van der Waals surface area contributed by atoms with Gasteiger partial charge in [0, 0.05) is 6.54 Å². The van der Waals surface area contributed by atoms with E-state index in [2.05, 4.69) is 19.7 Å². The third-order valence-corrected chi connectivity index (χ3v) is 4.23. The lowest BCUT2D eigenvalue weighted by molar-refractivity contribution is -0.147. The predicted molar refractivity (Wildman–Crippen MR) is 74.5 cm³/mol. The van der Waals surface area contributed by atoms with E-state index in [0.29, 0.717) is 18.8 Å². The Morgan fingerprint density at radius 2 is 2.26 bits per heavy atom. The van der Waals surface area contributed by atoms with Gasteiger partial charge < -0.3 is 10.4 Å². The Morgan fingerprint density at radius 3 is 2.89 bits per heavy atom. The van der Waals surface area contributed by atoms with Crippen molar-refractivity contribution in [2.24, 2.45) is 5.41 Å². The SMILES string of the molecule is CCC(C)(CNc1ncnc2snc(C)c12)C(=O)O. The standard InChI is InChI=1S/C12H16N4O2S/c1-4-12(3,11(17)18)5-13-9-8-7(2)16-19-10(8)15-6-14-9/h6H,4-5H2,1-3H3,(H,17,18)(H,13,14,15). The first-order valence-electron chi connectivity index (χ1n) is 6.02. The molecule has 2 N–H and O–H groups in total. The molecule has 0 saturated heterocycles. The Kier molecular flexibility index (Phi) is 3.66. The van der Waals surface area contributed by atoms with E-state index in [9.17, 15) is 9.90 Å². The van der Waals surface area contributed by atoms with Crippen LogP contribution in [-0.2, 0) is 4.79 Å². The van der Waals surface area contributed by atoms with Gasteiger partial charge in [0.05, 0.1) is 16.5 Å². The Bertz CT molecular complexity index is 613. The van der Waals surface area contributed by atoms with Crippen LogP contribution in [0, 0.1) is 12.3 Å². The minimum absolute atomic E-state index is 0.320. The van der Waals surface area contributed by atoms with Gasteiger partial charge in [0.25, 0.3) is 0 Å². The maximum atomic E-state index is 11.3. The second-order valence-electron chi connectivity index (χ2n) is 4.74. The molecule has 1 unspecified atom stereocenters. The second kappa shape index (κ2) is 5.08. The molecular weight excluding hydrogens is 264 g/mol. The number of hydrogen-bond acceptors (Lipinski definition) is 6. The summed E-state index contributed by atoms with van der Waals surface area (Å²) < 4.78 is 4.24. The second-order valence-corrected chi connectivity index (χ2v) is 5.50. The highest BCUT2D eigenvalue weighted by Crippen LogP contribution is 2.28. The van der Waals surface area contributed by atoms with Crippen LogP contribution in [0.15, 0.2) is 6.33 Å². The van der Waals surface area contributed by atoms with Crippen LogP contribution < -0.4 is 5.32 Å². The normalized spacial score (nSPS) is 14.3. The first kappa shape index (κ1) is 13.7. The fourth-order valence-electron chi connectivity index (χ4n) is 1.69. The average Bonchev–Trinajstić information content (AvgIpc) is 2.78. The van der Waals surface area contributed by atoms with Crippen molar-refractivity contribution in [3.63, 3.8) is 0 Å². The van der Waals surface area contributed by atoms with Crippen molar-refractivity contribution >= 4 is 33.5 Å². The number of anilines is 1. The summed E-state index contributed by atoms with van der Waals surface area (Å²) in [7, 11) is 0. The lowest BCUT2D eigenvalue weighted by Crippen LogP contribution is -2.34. The Hall–Kier alpha value is -1.76. The largest absolute Gasteiger partial charge is 0.481 e. The number of carboxylic acids is 1. The van der Waals surface area contributed by atoms with Crippen LogP contribution in [-0.4, -0.2) is 32.0 Å². The van der Waals surface area contributed by atoms with Gasteiger partial charge in [0.2, 0.25) is 0 Å². The fourth-order valence-corrected chi connectivity index (χ4v) is 2.43. The molecule has 0 aliphatic rings. The average molecular weight is 280 g/mol. The van der Waals surface area contributed by atoms with E-state index >= 15 is 0 Å². The fraction of sp³-hybridized carbons (Fsp3) is 0.500. The van der Waals surface area contributed by atoms with Crippen LogP contribution in [0.3, 0.4) is 0 Å². The summed E-state index contributed by atoms with van der Waals surface area (Å²) in [5.74, 6) is -0.162. The van der Waals surface area contributed by atoms with Crippen LogP contribution in [0.4, 0.5) is 5.82 Å². The van der Waals surface area contributed by atoms with E-state index in [0.717, 1.165) is 15.9 Å². The number of aliphatic carboxylic acids is 1. The molecule has 7 heteroatoms. The van der Waals surface area contributed by atoms with Crippen molar-refractivity contribution < 1.29 is 9.90 Å². The summed E-state index contributed by atoms with van der Waals surface area (Å²) in [5, 5.41) is 13.2. The molecule has 19 heavy (non-hydrogen) atoms. The molecule has 0 spiro atoms. The Balaban J connectivity index is 2.27. The zero-order valence-corrected chi connectivity index (χ0v) is 11.9. The van der Waals surface area contributed by atoms with Crippen LogP contribution >= 0.6 is 11.5 Å². The van der Waals surface area contributed by atoms with Gasteiger partial charge in [-0.2, -0.15) is 4.37 Å². The number of aryl methyl sites for hydroxylation is 1. The van der Waals surface area contributed by atoms with Crippen molar-refractivity contribution in [2.45, 2.75) is 27.2 Å². The highest BCUT2D eigenvalue weighted by Gasteiger charge is 2.31. The highest BCUT2D eigenvalue weighted by atomic mass is 32.1. The summed E-state index contributed by atoms with van der Waals surface area (Å²) in [5.41, 5.74) is 0.0471. The molecular formula is C12H16N4O2S. The number of carbonyl (C=O) groups is 1. The van der Waals surface area contributed by atoms with Crippen molar-refractivity contribution in [1.29, 1.82) is 0 Å². The molecule has 0 radical (unpaired) electrons. The van der Waals surface area contributed by atoms with E-state index < -0.39 is 11.4 Å². The molecule has 0 fully saturated rings. The number of aromatic nitrogens is 3. The molecule has 2 aromatic heterocycles. The Labute approximate surface area is 115 Å². The summed E-state index contributed by atoms with van der Waals surface area (Å²) in [4.78, 5) is 20.4. The van der Waals surface area contributed by atoms with Crippen molar-refractivity contribution in [2.75, 3.05) is 11.9 Å². The molecule has 2 heterocycles. The lowest BCUT2D eigenvalue weighted by Gasteiger charge is -2.23. The van der Waals surface area contributed by atoms with E-state index in [-0.39, 0.29) is 0 Å². The first-order chi connectivity index (χ1) is 8.98. The molecule has 6 nitrogen and oxygen atoms in total. The molecule has 1 atom stereocenters. The van der Waals surface area contributed by atoms with Gasteiger partial charge in [-0.25, -0.2) is 9.97 Å². The van der Waals surface area contributed by atoms with E-state index in [1.54, 1.807) is 6.92 Å². The number of nitrogens with one attached hydrogen (secondary N) is 1. The summed E-state index contributed by atoms with van der Waals surface area (Å²) in [6.45, 7) is 5.80. The third kappa shape index (κ3) is 2.51. The van der Waals surface area contributed by atoms with Crippen LogP contribution in [0.25, 0.3) is 10.2 Å². The maximum Gasteiger partial charge on any atom is 0.311 e. The molecule has 102 valence electrons. The predicted octanol–water partition coefficient (Wildman–Crippen LogP) is 2.31. The van der Waals surface area contributed by atoms with Crippen LogP contribution in [0.2, 0.25) is 0 Å². The zero-order valence-electron chi connectivity index (χ0n) is 11.1. The number of rotatable bonds is 5. The molecule has 0 amide bonds. The smallest absolute Gasteiger partial charge is 0.311 e. The molecule has 0 aromatic carbocycles. The van der Waals surface area contributed by atoms with Crippen LogP contribution in [0.1, 0.15) is 26.0 Å².